The molecule has 0 saturated carbocycles. The van der Waals surface area contributed by atoms with Gasteiger partial charge in [0.25, 0.3) is 0 Å². The number of likely N-dealkylation sites (tertiary alicyclic amines) is 1. The fourth-order valence-corrected chi connectivity index (χ4v) is 5.90. The van der Waals surface area contributed by atoms with Gasteiger partial charge >= 0.3 is 0 Å². The van der Waals surface area contributed by atoms with Crippen LogP contribution >= 0.6 is 0 Å². The van der Waals surface area contributed by atoms with E-state index >= 15 is 0 Å². The highest BCUT2D eigenvalue weighted by Crippen LogP contribution is 2.34. The van der Waals surface area contributed by atoms with Crippen LogP contribution in [0, 0.1) is 11.8 Å². The number of hydrogen-bond acceptors (Lipinski definition) is 7. The summed E-state index contributed by atoms with van der Waals surface area (Å²) in [6.45, 7) is 8.97. The summed E-state index contributed by atoms with van der Waals surface area (Å²) in [5, 5.41) is 8.29. The van der Waals surface area contributed by atoms with Crippen molar-refractivity contribution in [3.8, 4) is 0 Å². The monoisotopic (exact) mass is 480 g/mol. The fraction of sp³-hybridized carbons (Fsp3) is 0.480. The van der Waals surface area contributed by atoms with E-state index in [2.05, 4.69) is 37.2 Å². The van der Waals surface area contributed by atoms with Crippen molar-refractivity contribution in [3.05, 3.63) is 71.7 Å². The second-order valence-corrected chi connectivity index (χ2v) is 12.4. The smallest absolute Gasteiger partial charge is 0.158 e. The summed E-state index contributed by atoms with van der Waals surface area (Å²) >= 11 is 0. The molecule has 4 heterocycles. The molecule has 180 valence electrons. The van der Waals surface area contributed by atoms with Crippen molar-refractivity contribution in [1.29, 1.82) is 0 Å². The van der Waals surface area contributed by atoms with Gasteiger partial charge in [0.2, 0.25) is 0 Å². The molecule has 8 nitrogen and oxygen atoms in total. The molecule has 2 aliphatic heterocycles. The largest absolute Gasteiger partial charge is 0.356 e. The Morgan fingerprint density at radius 2 is 1.65 bits per heavy atom. The molecular weight excluding hydrogens is 448 g/mol. The molecule has 2 unspecified atom stereocenters. The Morgan fingerprint density at radius 1 is 0.912 bits per heavy atom. The number of hydrogen-bond donors (Lipinski definition) is 0. The zero-order valence-corrected chi connectivity index (χ0v) is 20.6. The van der Waals surface area contributed by atoms with E-state index in [1.54, 1.807) is 13.8 Å². The summed E-state index contributed by atoms with van der Waals surface area (Å²) in [7, 11) is -3.16. The Labute approximate surface area is 201 Å². The van der Waals surface area contributed by atoms with Gasteiger partial charge in [0.05, 0.1) is 35.1 Å². The van der Waals surface area contributed by atoms with Crippen molar-refractivity contribution in [3.63, 3.8) is 0 Å². The van der Waals surface area contributed by atoms with Gasteiger partial charge in [-0.3, -0.25) is 4.90 Å². The van der Waals surface area contributed by atoms with E-state index in [0.29, 0.717) is 17.5 Å². The van der Waals surface area contributed by atoms with Gasteiger partial charge in [-0.25, -0.2) is 18.1 Å². The van der Waals surface area contributed by atoms with Gasteiger partial charge in [0.1, 0.15) is 5.82 Å². The first-order chi connectivity index (χ1) is 16.4. The molecule has 2 atom stereocenters. The Bertz CT molecular complexity index is 1210. The minimum Gasteiger partial charge on any atom is -0.356 e. The van der Waals surface area contributed by atoms with E-state index in [1.807, 2.05) is 47.3 Å². The number of pyridine rings is 1. The molecule has 2 fully saturated rings. The van der Waals surface area contributed by atoms with Crippen molar-refractivity contribution in [2.45, 2.75) is 37.9 Å². The number of nitrogens with zero attached hydrogens (tertiary/aromatic N) is 6. The van der Waals surface area contributed by atoms with Crippen LogP contribution in [0.25, 0.3) is 0 Å². The summed E-state index contributed by atoms with van der Waals surface area (Å²) < 4.78 is 26.5. The van der Waals surface area contributed by atoms with Crippen LogP contribution in [-0.4, -0.2) is 64.7 Å². The topological polar surface area (TPSA) is 84.2 Å². The molecule has 0 bridgehead atoms. The van der Waals surface area contributed by atoms with E-state index in [4.69, 9.17) is 0 Å². The lowest BCUT2D eigenvalue weighted by Gasteiger charge is -2.22. The van der Waals surface area contributed by atoms with Gasteiger partial charge in [-0.05, 0) is 43.4 Å². The molecule has 0 N–H and O–H groups in total. The maximum absolute atomic E-state index is 12.3. The van der Waals surface area contributed by atoms with Crippen LogP contribution in [0.15, 0.2) is 54.7 Å². The molecule has 34 heavy (non-hydrogen) atoms. The summed E-state index contributed by atoms with van der Waals surface area (Å²) in [6.07, 6.45) is 2.05. The van der Waals surface area contributed by atoms with Crippen LogP contribution in [0.4, 0.5) is 5.82 Å². The third-order valence-electron chi connectivity index (χ3n) is 6.90. The highest BCUT2D eigenvalue weighted by Gasteiger charge is 2.40. The third kappa shape index (κ3) is 5.15. The van der Waals surface area contributed by atoms with Crippen LogP contribution < -0.4 is 4.90 Å². The lowest BCUT2D eigenvalue weighted by Crippen LogP contribution is -2.29. The lowest BCUT2D eigenvalue weighted by molar-refractivity contribution is 0.305. The first-order valence-corrected chi connectivity index (χ1v) is 13.6. The Balaban J connectivity index is 1.16. The van der Waals surface area contributed by atoms with E-state index < -0.39 is 15.1 Å². The average molecular weight is 481 g/mol. The van der Waals surface area contributed by atoms with Crippen molar-refractivity contribution in [2.75, 3.05) is 31.1 Å². The Morgan fingerprint density at radius 3 is 2.35 bits per heavy atom. The average Bonchev–Trinajstić information content (AvgIpc) is 3.50. The molecule has 5 rings (SSSR count). The molecule has 9 heteroatoms. The second-order valence-electron chi connectivity index (χ2n) is 9.86. The van der Waals surface area contributed by atoms with Crippen molar-refractivity contribution >= 4 is 15.7 Å². The van der Waals surface area contributed by atoms with Crippen LogP contribution in [0.2, 0.25) is 0 Å². The van der Waals surface area contributed by atoms with Gasteiger partial charge < -0.3 is 4.90 Å². The highest BCUT2D eigenvalue weighted by molar-refractivity contribution is 7.91. The van der Waals surface area contributed by atoms with E-state index in [9.17, 15) is 8.42 Å². The van der Waals surface area contributed by atoms with Crippen molar-refractivity contribution in [2.24, 2.45) is 11.8 Å². The molecular formula is C25H32N6O2S. The predicted molar refractivity (Wildman–Crippen MR) is 132 cm³/mol. The van der Waals surface area contributed by atoms with Crippen molar-refractivity contribution < 1.29 is 8.42 Å². The van der Waals surface area contributed by atoms with Crippen LogP contribution in [0.3, 0.4) is 0 Å². The Kier molecular flexibility index (Phi) is 6.40. The minimum atomic E-state index is -3.16. The first kappa shape index (κ1) is 23.0. The van der Waals surface area contributed by atoms with Gasteiger partial charge in [-0.15, -0.1) is 5.10 Å². The number of rotatable bonds is 8. The molecule has 2 aliphatic rings. The lowest BCUT2D eigenvalue weighted by atomic mass is 10.0. The predicted octanol–water partition coefficient (Wildman–Crippen LogP) is 2.61. The molecule has 3 aromatic rings. The zero-order chi connectivity index (χ0) is 23.7. The van der Waals surface area contributed by atoms with Crippen LogP contribution in [0.1, 0.15) is 30.8 Å². The van der Waals surface area contributed by atoms with E-state index in [0.717, 1.165) is 50.8 Å². The summed E-state index contributed by atoms with van der Waals surface area (Å²) in [5.41, 5.74) is 2.85. The first-order valence-electron chi connectivity index (χ1n) is 11.9. The molecule has 2 aromatic heterocycles. The Hall–Kier alpha value is -2.78. The summed E-state index contributed by atoms with van der Waals surface area (Å²) in [5.74, 6) is 2.06. The number of aromatic nitrogens is 4. The summed E-state index contributed by atoms with van der Waals surface area (Å²) in [6, 6.07) is 16.0. The maximum atomic E-state index is 12.3. The molecule has 1 aromatic carbocycles. The maximum Gasteiger partial charge on any atom is 0.158 e. The number of benzene rings is 1. The molecule has 2 saturated heterocycles. The van der Waals surface area contributed by atoms with E-state index in [-0.39, 0.29) is 5.75 Å². The molecule has 0 aliphatic carbocycles. The SMILES string of the molecule is CC(C)S(=O)(=O)Cc1cccc(N2CC3CN(Cc4cn(Cc5ccccc5)nn4)CC3C2)n1. The van der Waals surface area contributed by atoms with Gasteiger partial charge in [0, 0.05) is 32.7 Å². The van der Waals surface area contributed by atoms with E-state index in [1.165, 1.54) is 5.56 Å². The normalized spacial score (nSPS) is 20.9. The van der Waals surface area contributed by atoms with Gasteiger partial charge in [-0.2, -0.15) is 0 Å². The standard InChI is InChI=1S/C25H32N6O2S/c1-19(2)34(32,33)18-23-9-6-10-25(26-23)30-14-21-12-29(13-22(21)15-30)16-24-17-31(28-27-24)11-20-7-4-3-5-8-20/h3-10,17,19,21-22H,11-16,18H2,1-2H3. The quantitative estimate of drug-likeness (QED) is 0.490. The minimum absolute atomic E-state index is 0.00205. The van der Waals surface area contributed by atoms with Crippen LogP contribution in [-0.2, 0) is 28.7 Å². The number of fused-ring (bicyclic) bond motifs is 1. The molecule has 0 radical (unpaired) electrons. The zero-order valence-electron chi connectivity index (χ0n) is 19.8. The fourth-order valence-electron chi connectivity index (χ4n) is 4.99. The van der Waals surface area contributed by atoms with Crippen LogP contribution in [0.5, 0.6) is 0 Å². The summed E-state index contributed by atoms with van der Waals surface area (Å²) in [4.78, 5) is 9.47. The third-order valence-corrected chi connectivity index (χ3v) is 9.04. The van der Waals surface area contributed by atoms with Crippen molar-refractivity contribution in [1.82, 2.24) is 24.9 Å². The second kappa shape index (κ2) is 9.46. The molecule has 0 spiro atoms. The number of sulfone groups is 1. The highest BCUT2D eigenvalue weighted by atomic mass is 32.2. The van der Waals surface area contributed by atoms with Gasteiger partial charge in [-0.1, -0.05) is 41.6 Å². The van der Waals surface area contributed by atoms with Gasteiger partial charge in [0.15, 0.2) is 9.84 Å². The number of anilines is 1. The molecule has 0 amide bonds.